The summed E-state index contributed by atoms with van der Waals surface area (Å²) in [6, 6.07) is 3.49. The third kappa shape index (κ3) is 3.95. The van der Waals surface area contributed by atoms with Gasteiger partial charge < -0.3 is 23.7 Å². The first kappa shape index (κ1) is 19.4. The first-order valence-corrected chi connectivity index (χ1v) is 9.70. The molecule has 2 aliphatic heterocycles. The van der Waals surface area contributed by atoms with Crippen LogP contribution in [0.15, 0.2) is 27.5 Å². The van der Waals surface area contributed by atoms with Crippen molar-refractivity contribution >= 4 is 11.9 Å². The number of hydrogen-bond acceptors (Lipinski definition) is 8. The van der Waals surface area contributed by atoms with Crippen molar-refractivity contribution in [2.24, 2.45) is 0 Å². The number of anilines is 1. The van der Waals surface area contributed by atoms with Crippen LogP contribution < -0.4 is 15.3 Å². The highest BCUT2D eigenvalue weighted by Gasteiger charge is 2.29. The van der Waals surface area contributed by atoms with Crippen molar-refractivity contribution in [3.8, 4) is 5.88 Å². The summed E-state index contributed by atoms with van der Waals surface area (Å²) in [5.41, 5.74) is 0.181. The molecule has 2 aromatic heterocycles. The molecule has 0 aliphatic carbocycles. The molecule has 154 valence electrons. The van der Waals surface area contributed by atoms with Gasteiger partial charge in [0.25, 0.3) is 5.91 Å². The largest absolute Gasteiger partial charge is 0.481 e. The van der Waals surface area contributed by atoms with E-state index in [1.807, 2.05) is 4.90 Å². The number of carbonyl (C=O) groups excluding carboxylic acids is 1. The highest BCUT2D eigenvalue weighted by atomic mass is 16.5. The van der Waals surface area contributed by atoms with Crippen LogP contribution in [0, 0.1) is 6.92 Å². The van der Waals surface area contributed by atoms with Crippen LogP contribution >= 0.6 is 0 Å². The van der Waals surface area contributed by atoms with Crippen LogP contribution in [0.2, 0.25) is 0 Å². The summed E-state index contributed by atoms with van der Waals surface area (Å²) in [6.45, 7) is 5.07. The number of carbonyl (C=O) groups is 1. The van der Waals surface area contributed by atoms with Gasteiger partial charge in [-0.1, -0.05) is 0 Å². The Morgan fingerprint density at radius 2 is 2.07 bits per heavy atom. The van der Waals surface area contributed by atoms with Gasteiger partial charge in [0.05, 0.1) is 13.7 Å². The number of rotatable bonds is 4. The van der Waals surface area contributed by atoms with Gasteiger partial charge in [0.1, 0.15) is 11.3 Å². The lowest BCUT2D eigenvalue weighted by Gasteiger charge is -2.34. The molecule has 0 spiro atoms. The van der Waals surface area contributed by atoms with Gasteiger partial charge in [-0.05, 0) is 25.0 Å². The third-order valence-corrected chi connectivity index (χ3v) is 5.39. The molecule has 0 N–H and O–H groups in total. The fraction of sp³-hybridized carbons (Fsp3) is 0.500. The van der Waals surface area contributed by atoms with Crippen LogP contribution in [0.5, 0.6) is 5.88 Å². The van der Waals surface area contributed by atoms with E-state index in [0.717, 1.165) is 6.42 Å². The quantitative estimate of drug-likeness (QED) is 0.755. The van der Waals surface area contributed by atoms with Gasteiger partial charge >= 0.3 is 5.63 Å². The Hall–Kier alpha value is -2.94. The Morgan fingerprint density at radius 3 is 2.72 bits per heavy atom. The lowest BCUT2D eigenvalue weighted by Crippen LogP contribution is -2.50. The van der Waals surface area contributed by atoms with E-state index < -0.39 is 5.63 Å². The van der Waals surface area contributed by atoms with Gasteiger partial charge in [0.2, 0.25) is 11.8 Å². The van der Waals surface area contributed by atoms with E-state index in [2.05, 4.69) is 9.97 Å². The minimum atomic E-state index is -0.574. The van der Waals surface area contributed by atoms with Crippen LogP contribution in [0.3, 0.4) is 0 Å². The molecule has 9 nitrogen and oxygen atoms in total. The molecule has 0 radical (unpaired) electrons. The van der Waals surface area contributed by atoms with Crippen LogP contribution in [0.4, 0.5) is 5.95 Å². The molecule has 2 saturated heterocycles. The third-order valence-electron chi connectivity index (χ3n) is 5.39. The molecule has 0 saturated carbocycles. The fourth-order valence-electron chi connectivity index (χ4n) is 3.72. The van der Waals surface area contributed by atoms with E-state index in [9.17, 15) is 9.59 Å². The second-order valence-corrected chi connectivity index (χ2v) is 7.23. The number of methoxy groups -OCH3 is 1. The number of piperazine rings is 1. The zero-order valence-corrected chi connectivity index (χ0v) is 16.6. The minimum absolute atomic E-state index is 0.0805. The summed E-state index contributed by atoms with van der Waals surface area (Å²) in [5.74, 6) is 1.44. The predicted octanol–water partition coefficient (Wildman–Crippen LogP) is 1.21. The summed E-state index contributed by atoms with van der Waals surface area (Å²) < 4.78 is 16.0. The van der Waals surface area contributed by atoms with Gasteiger partial charge in [-0.25, -0.2) is 9.78 Å². The standard InChI is InChI=1S/C20H24N4O5/c1-13-11-15(14-4-10-28-12-14)29-19(26)17(13)18(25)23-6-8-24(9-7-23)20-21-5-3-16(22-20)27-2/h3,5,11,14H,4,6-10,12H2,1-2H3. The number of aryl methyl sites for hydroxylation is 1. The zero-order chi connectivity index (χ0) is 20.4. The van der Waals surface area contributed by atoms with Gasteiger partial charge in [-0.15, -0.1) is 0 Å². The molecule has 4 rings (SSSR count). The molecule has 1 unspecified atom stereocenters. The smallest absolute Gasteiger partial charge is 0.349 e. The molecule has 9 heteroatoms. The van der Waals surface area contributed by atoms with Crippen molar-refractivity contribution in [1.29, 1.82) is 0 Å². The average molecular weight is 400 g/mol. The van der Waals surface area contributed by atoms with Crippen molar-refractivity contribution in [2.75, 3.05) is 51.4 Å². The lowest BCUT2D eigenvalue weighted by atomic mass is 10.0. The summed E-state index contributed by atoms with van der Waals surface area (Å²) in [4.78, 5) is 37.8. The van der Waals surface area contributed by atoms with Crippen LogP contribution in [-0.2, 0) is 4.74 Å². The van der Waals surface area contributed by atoms with E-state index in [4.69, 9.17) is 13.9 Å². The van der Waals surface area contributed by atoms with E-state index >= 15 is 0 Å². The molecule has 2 aliphatic rings. The van der Waals surface area contributed by atoms with Gasteiger partial charge in [0, 0.05) is 51.0 Å². The highest BCUT2D eigenvalue weighted by molar-refractivity contribution is 5.95. The molecule has 1 atom stereocenters. The molecule has 0 bridgehead atoms. The average Bonchev–Trinajstić information content (AvgIpc) is 3.28. The lowest BCUT2D eigenvalue weighted by molar-refractivity contribution is 0.0740. The number of amides is 1. The molecule has 4 heterocycles. The highest BCUT2D eigenvalue weighted by Crippen LogP contribution is 2.26. The number of ether oxygens (including phenoxy) is 2. The first-order chi connectivity index (χ1) is 14.1. The molecule has 0 aromatic carbocycles. The van der Waals surface area contributed by atoms with E-state index in [-0.39, 0.29) is 17.4 Å². The maximum atomic E-state index is 13.0. The Balaban J connectivity index is 1.46. The summed E-state index contributed by atoms with van der Waals surface area (Å²) in [6.07, 6.45) is 2.47. The van der Waals surface area contributed by atoms with E-state index in [1.54, 1.807) is 37.3 Å². The van der Waals surface area contributed by atoms with E-state index in [0.29, 0.717) is 62.5 Å². The Kier molecular flexibility index (Phi) is 5.48. The molecule has 2 fully saturated rings. The SMILES string of the molecule is COc1ccnc(N2CCN(C(=O)c3c(C)cc(C4CCOC4)oc3=O)CC2)n1. The summed E-state index contributed by atoms with van der Waals surface area (Å²) in [5, 5.41) is 0. The van der Waals surface area contributed by atoms with Crippen LogP contribution in [-0.4, -0.2) is 67.3 Å². The minimum Gasteiger partial charge on any atom is -0.481 e. The van der Waals surface area contributed by atoms with Gasteiger partial charge in [0.15, 0.2) is 0 Å². The normalized spacial score (nSPS) is 19.4. The summed E-state index contributed by atoms with van der Waals surface area (Å²) in [7, 11) is 1.56. The Bertz CT molecular complexity index is 946. The van der Waals surface area contributed by atoms with Crippen molar-refractivity contribution in [2.45, 2.75) is 19.3 Å². The zero-order valence-electron chi connectivity index (χ0n) is 16.6. The van der Waals surface area contributed by atoms with Crippen molar-refractivity contribution in [3.05, 3.63) is 45.6 Å². The number of nitrogens with zero attached hydrogens (tertiary/aromatic N) is 4. The molecular formula is C20H24N4O5. The van der Waals surface area contributed by atoms with Crippen molar-refractivity contribution in [1.82, 2.24) is 14.9 Å². The monoisotopic (exact) mass is 400 g/mol. The molecule has 1 amide bonds. The molecule has 29 heavy (non-hydrogen) atoms. The second kappa shape index (κ2) is 8.20. The van der Waals surface area contributed by atoms with Gasteiger partial charge in [-0.2, -0.15) is 4.98 Å². The number of aromatic nitrogens is 2. The van der Waals surface area contributed by atoms with E-state index in [1.165, 1.54) is 0 Å². The maximum absolute atomic E-state index is 13.0. The topological polar surface area (TPSA) is 98.0 Å². The Morgan fingerprint density at radius 1 is 1.28 bits per heavy atom. The summed E-state index contributed by atoms with van der Waals surface area (Å²) >= 11 is 0. The molecular weight excluding hydrogens is 376 g/mol. The fourth-order valence-corrected chi connectivity index (χ4v) is 3.72. The van der Waals surface area contributed by atoms with Gasteiger partial charge in [-0.3, -0.25) is 4.79 Å². The second-order valence-electron chi connectivity index (χ2n) is 7.23. The Labute approximate surface area is 168 Å². The van der Waals surface area contributed by atoms with Crippen molar-refractivity contribution in [3.63, 3.8) is 0 Å². The predicted molar refractivity (Wildman–Crippen MR) is 105 cm³/mol. The maximum Gasteiger partial charge on any atom is 0.349 e. The number of hydrogen-bond donors (Lipinski definition) is 0. The van der Waals surface area contributed by atoms with Crippen LogP contribution in [0.1, 0.15) is 34.0 Å². The van der Waals surface area contributed by atoms with Crippen molar-refractivity contribution < 1.29 is 18.7 Å². The first-order valence-electron chi connectivity index (χ1n) is 9.70. The molecule has 2 aromatic rings. The van der Waals surface area contributed by atoms with Crippen LogP contribution in [0.25, 0.3) is 0 Å².